The fourth-order valence-electron chi connectivity index (χ4n) is 1.91. The summed E-state index contributed by atoms with van der Waals surface area (Å²) in [4.78, 5) is 3.63. The maximum absolute atomic E-state index is 5.75. The molecule has 2 rings (SSSR count). The summed E-state index contributed by atoms with van der Waals surface area (Å²) in [6.07, 6.45) is 0. The second-order valence-electron chi connectivity index (χ2n) is 4.32. The van der Waals surface area contributed by atoms with E-state index < -0.39 is 0 Å². The first-order valence-electron chi connectivity index (χ1n) is 5.82. The molecule has 4 heteroatoms. The normalized spacial score (nSPS) is 10.8. The van der Waals surface area contributed by atoms with E-state index in [0.29, 0.717) is 0 Å². The lowest BCUT2D eigenvalue weighted by Crippen LogP contribution is -2.17. The highest BCUT2D eigenvalue weighted by atomic mass is 32.1. The molecule has 1 aromatic carbocycles. The molecule has 0 aliphatic heterocycles. The zero-order valence-electron chi connectivity index (χ0n) is 10.7. The molecular weight excluding hydrogens is 244 g/mol. The Labute approximate surface area is 112 Å². The molecule has 96 valence electrons. The molecule has 18 heavy (non-hydrogen) atoms. The smallest absolute Gasteiger partial charge is 0.125 e. The van der Waals surface area contributed by atoms with E-state index in [-0.39, 0.29) is 0 Å². The molecular formula is C14H18N2OS. The topological polar surface area (TPSA) is 38.5 Å². The van der Waals surface area contributed by atoms with Crippen LogP contribution in [0, 0.1) is 0 Å². The van der Waals surface area contributed by atoms with Crippen molar-refractivity contribution in [2.75, 3.05) is 19.9 Å². The Morgan fingerprint density at radius 2 is 2.11 bits per heavy atom. The Morgan fingerprint density at radius 3 is 2.78 bits per heavy atom. The number of nitrogens with two attached hydrogens (primary N) is 1. The second kappa shape index (κ2) is 5.89. The number of ether oxygens (including phenoxy) is 1. The van der Waals surface area contributed by atoms with Gasteiger partial charge in [0.1, 0.15) is 5.75 Å². The Balaban J connectivity index is 2.04. The molecule has 2 aromatic rings. The summed E-state index contributed by atoms with van der Waals surface area (Å²) in [5.41, 5.74) is 7.64. The molecule has 1 heterocycles. The van der Waals surface area contributed by atoms with Crippen molar-refractivity contribution in [3.63, 3.8) is 0 Å². The van der Waals surface area contributed by atoms with Gasteiger partial charge in [-0.2, -0.15) is 0 Å². The molecule has 2 N–H and O–H groups in total. The molecule has 1 aromatic heterocycles. The number of hydrogen-bond acceptors (Lipinski definition) is 4. The first-order valence-corrected chi connectivity index (χ1v) is 6.70. The minimum atomic E-state index is 0.733. The third kappa shape index (κ3) is 3.24. The highest BCUT2D eigenvalue weighted by Gasteiger charge is 2.07. The average Bonchev–Trinajstić information content (AvgIpc) is 2.84. The summed E-state index contributed by atoms with van der Waals surface area (Å²) in [5, 5.41) is 2.10. The van der Waals surface area contributed by atoms with Crippen molar-refractivity contribution in [3.8, 4) is 5.75 Å². The average molecular weight is 262 g/mol. The lowest BCUT2D eigenvalue weighted by atomic mass is 10.1. The van der Waals surface area contributed by atoms with Gasteiger partial charge in [-0.15, -0.1) is 11.3 Å². The zero-order valence-corrected chi connectivity index (χ0v) is 11.5. The van der Waals surface area contributed by atoms with Crippen LogP contribution in [0.5, 0.6) is 5.75 Å². The molecule has 0 aliphatic rings. The molecule has 0 saturated heterocycles. The van der Waals surface area contributed by atoms with Crippen LogP contribution < -0.4 is 10.5 Å². The van der Waals surface area contributed by atoms with Crippen LogP contribution >= 0.6 is 11.3 Å². The van der Waals surface area contributed by atoms with Crippen molar-refractivity contribution in [1.29, 1.82) is 0 Å². The van der Waals surface area contributed by atoms with Gasteiger partial charge < -0.3 is 10.5 Å². The Hall–Kier alpha value is -1.52. The summed E-state index contributed by atoms with van der Waals surface area (Å²) in [6, 6.07) is 10.0. The van der Waals surface area contributed by atoms with Crippen LogP contribution in [0.25, 0.3) is 0 Å². The summed E-state index contributed by atoms with van der Waals surface area (Å²) in [6.45, 7) is 1.80. The predicted molar refractivity (Wildman–Crippen MR) is 76.9 cm³/mol. The zero-order chi connectivity index (χ0) is 13.0. The third-order valence-electron chi connectivity index (χ3n) is 2.76. The molecule has 0 fully saturated rings. The second-order valence-corrected chi connectivity index (χ2v) is 5.36. The largest absolute Gasteiger partial charge is 0.496 e. The van der Waals surface area contributed by atoms with Crippen LogP contribution in [-0.4, -0.2) is 19.1 Å². The maximum Gasteiger partial charge on any atom is 0.125 e. The lowest BCUT2D eigenvalue weighted by Gasteiger charge is -2.18. The Morgan fingerprint density at radius 1 is 1.28 bits per heavy atom. The first kappa shape index (κ1) is 12.9. The Bertz CT molecular complexity index is 497. The number of benzene rings is 1. The van der Waals surface area contributed by atoms with Crippen LogP contribution in [0.2, 0.25) is 0 Å². The number of nitrogen functional groups attached to an aromatic ring is 1. The fraction of sp³-hybridized carbons (Fsp3) is 0.286. The molecule has 3 nitrogen and oxygen atoms in total. The third-order valence-corrected chi connectivity index (χ3v) is 3.62. The van der Waals surface area contributed by atoms with Crippen molar-refractivity contribution in [1.82, 2.24) is 4.90 Å². The highest BCUT2D eigenvalue weighted by molar-refractivity contribution is 7.09. The van der Waals surface area contributed by atoms with Gasteiger partial charge in [-0.3, -0.25) is 4.90 Å². The van der Waals surface area contributed by atoms with Gasteiger partial charge >= 0.3 is 0 Å². The van der Waals surface area contributed by atoms with Gasteiger partial charge in [-0.05, 0) is 24.6 Å². The lowest BCUT2D eigenvalue weighted by molar-refractivity contribution is 0.312. The standard InChI is InChI=1S/C14H18N2OS/c1-16(10-13-4-3-7-18-13)9-11-5-6-12(15)8-14(11)17-2/h3-8H,9-10,15H2,1-2H3. The van der Waals surface area contributed by atoms with Crippen LogP contribution in [0.4, 0.5) is 5.69 Å². The van der Waals surface area contributed by atoms with Crippen LogP contribution in [-0.2, 0) is 13.1 Å². The van der Waals surface area contributed by atoms with Crippen molar-refractivity contribution < 1.29 is 4.74 Å². The van der Waals surface area contributed by atoms with Gasteiger partial charge in [0.05, 0.1) is 7.11 Å². The molecule has 0 atom stereocenters. The van der Waals surface area contributed by atoms with E-state index in [1.165, 1.54) is 4.88 Å². The number of methoxy groups -OCH3 is 1. The van der Waals surface area contributed by atoms with Gasteiger partial charge in [0.2, 0.25) is 0 Å². The molecule has 0 aliphatic carbocycles. The van der Waals surface area contributed by atoms with Crippen molar-refractivity contribution in [2.45, 2.75) is 13.1 Å². The molecule has 0 amide bonds. The van der Waals surface area contributed by atoms with Crippen molar-refractivity contribution in [2.24, 2.45) is 0 Å². The van der Waals surface area contributed by atoms with E-state index in [2.05, 4.69) is 29.5 Å². The summed E-state index contributed by atoms with van der Waals surface area (Å²) >= 11 is 1.78. The molecule has 0 bridgehead atoms. The fourth-order valence-corrected chi connectivity index (χ4v) is 2.69. The van der Waals surface area contributed by atoms with Crippen LogP contribution in [0.1, 0.15) is 10.4 Å². The molecule has 0 unspecified atom stereocenters. The van der Waals surface area contributed by atoms with E-state index in [9.17, 15) is 0 Å². The maximum atomic E-state index is 5.75. The number of thiophene rings is 1. The molecule has 0 spiro atoms. The van der Waals surface area contributed by atoms with Gasteiger partial charge in [0.25, 0.3) is 0 Å². The Kier molecular flexibility index (Phi) is 4.23. The van der Waals surface area contributed by atoms with E-state index in [4.69, 9.17) is 10.5 Å². The SMILES string of the molecule is COc1cc(N)ccc1CN(C)Cc1cccs1. The minimum Gasteiger partial charge on any atom is -0.496 e. The number of hydrogen-bond donors (Lipinski definition) is 1. The van der Waals surface area contributed by atoms with Crippen LogP contribution in [0.15, 0.2) is 35.7 Å². The number of rotatable bonds is 5. The summed E-state index contributed by atoms with van der Waals surface area (Å²) in [7, 11) is 3.78. The summed E-state index contributed by atoms with van der Waals surface area (Å²) < 4.78 is 5.36. The first-order chi connectivity index (χ1) is 8.69. The van der Waals surface area contributed by atoms with Gasteiger partial charge in [-0.1, -0.05) is 12.1 Å². The minimum absolute atomic E-state index is 0.733. The van der Waals surface area contributed by atoms with Gasteiger partial charge in [0, 0.05) is 35.3 Å². The van der Waals surface area contributed by atoms with Crippen LogP contribution in [0.3, 0.4) is 0 Å². The van der Waals surface area contributed by atoms with E-state index in [1.54, 1.807) is 18.4 Å². The van der Waals surface area contributed by atoms with Gasteiger partial charge in [-0.25, -0.2) is 0 Å². The van der Waals surface area contributed by atoms with E-state index in [0.717, 1.165) is 30.1 Å². The predicted octanol–water partition coefficient (Wildman–Crippen LogP) is 2.97. The molecule has 0 saturated carbocycles. The number of anilines is 1. The number of nitrogens with zero attached hydrogens (tertiary/aromatic N) is 1. The molecule has 0 radical (unpaired) electrons. The monoisotopic (exact) mass is 262 g/mol. The van der Waals surface area contributed by atoms with E-state index in [1.807, 2.05) is 18.2 Å². The quantitative estimate of drug-likeness (QED) is 0.842. The van der Waals surface area contributed by atoms with E-state index >= 15 is 0 Å². The van der Waals surface area contributed by atoms with Gasteiger partial charge in [0.15, 0.2) is 0 Å². The van der Waals surface area contributed by atoms with Crippen molar-refractivity contribution in [3.05, 3.63) is 46.2 Å². The summed E-state index contributed by atoms with van der Waals surface area (Å²) in [5.74, 6) is 0.855. The highest BCUT2D eigenvalue weighted by Crippen LogP contribution is 2.23. The van der Waals surface area contributed by atoms with Crippen molar-refractivity contribution >= 4 is 17.0 Å².